The van der Waals surface area contributed by atoms with E-state index in [-0.39, 0.29) is 11.7 Å². The normalized spacial score (nSPS) is 10.4. The van der Waals surface area contributed by atoms with Gasteiger partial charge >= 0.3 is 0 Å². The van der Waals surface area contributed by atoms with Crippen molar-refractivity contribution >= 4 is 17.7 Å². The topological polar surface area (TPSA) is 72.7 Å². The summed E-state index contributed by atoms with van der Waals surface area (Å²) in [6.45, 7) is 0.518. The number of hydrogen-bond donors (Lipinski definition) is 1. The monoisotopic (exact) mass is 325 g/mol. The van der Waals surface area contributed by atoms with E-state index >= 15 is 0 Å². The molecule has 1 N–H and O–H groups in total. The summed E-state index contributed by atoms with van der Waals surface area (Å²) in [6, 6.07) is 19.4. The number of hydrogen-bond acceptors (Lipinski definition) is 5. The van der Waals surface area contributed by atoms with Crippen LogP contribution in [0.2, 0.25) is 0 Å². The van der Waals surface area contributed by atoms with E-state index in [0.717, 1.165) is 11.3 Å². The van der Waals surface area contributed by atoms with Crippen LogP contribution >= 0.6 is 11.8 Å². The predicted molar refractivity (Wildman–Crippen MR) is 88.2 cm³/mol. The zero-order chi connectivity index (χ0) is 15.9. The van der Waals surface area contributed by atoms with Crippen molar-refractivity contribution in [2.24, 2.45) is 0 Å². The second kappa shape index (κ2) is 7.55. The van der Waals surface area contributed by atoms with Gasteiger partial charge in [-0.15, -0.1) is 5.10 Å². The van der Waals surface area contributed by atoms with Crippen LogP contribution in [0.25, 0.3) is 5.69 Å². The maximum absolute atomic E-state index is 11.9. The third kappa shape index (κ3) is 4.17. The fraction of sp³-hybridized carbons (Fsp3) is 0.125. The highest BCUT2D eigenvalue weighted by molar-refractivity contribution is 7.99. The van der Waals surface area contributed by atoms with E-state index < -0.39 is 0 Å². The summed E-state index contributed by atoms with van der Waals surface area (Å²) in [5.74, 6) is 0.210. The smallest absolute Gasteiger partial charge is 0.230 e. The zero-order valence-electron chi connectivity index (χ0n) is 12.3. The summed E-state index contributed by atoms with van der Waals surface area (Å²) in [5.41, 5.74) is 1.93. The predicted octanol–water partition coefficient (Wildman–Crippen LogP) is 2.07. The lowest BCUT2D eigenvalue weighted by molar-refractivity contribution is -0.118. The van der Waals surface area contributed by atoms with Gasteiger partial charge in [0.1, 0.15) is 0 Å². The number of carbonyl (C=O) groups excluding carboxylic acids is 1. The van der Waals surface area contributed by atoms with Gasteiger partial charge in [0.05, 0.1) is 11.4 Å². The second-order valence-corrected chi connectivity index (χ2v) is 5.70. The van der Waals surface area contributed by atoms with Crippen LogP contribution < -0.4 is 5.32 Å². The lowest BCUT2D eigenvalue weighted by Crippen LogP contribution is -2.24. The highest BCUT2D eigenvalue weighted by Crippen LogP contribution is 2.17. The van der Waals surface area contributed by atoms with Crippen molar-refractivity contribution in [3.63, 3.8) is 0 Å². The van der Waals surface area contributed by atoms with Crippen LogP contribution in [-0.4, -0.2) is 31.9 Å². The number of tetrazole rings is 1. The Kier molecular flexibility index (Phi) is 5.00. The Morgan fingerprint density at radius 3 is 2.48 bits per heavy atom. The maximum Gasteiger partial charge on any atom is 0.230 e. The van der Waals surface area contributed by atoms with Crippen molar-refractivity contribution in [3.05, 3.63) is 66.2 Å². The van der Waals surface area contributed by atoms with Crippen LogP contribution in [0, 0.1) is 0 Å². The molecule has 6 nitrogen and oxygen atoms in total. The molecule has 0 saturated heterocycles. The molecular weight excluding hydrogens is 310 g/mol. The summed E-state index contributed by atoms with van der Waals surface area (Å²) >= 11 is 1.31. The van der Waals surface area contributed by atoms with Crippen LogP contribution in [0.3, 0.4) is 0 Å². The van der Waals surface area contributed by atoms with Crippen LogP contribution in [0.4, 0.5) is 0 Å². The molecule has 0 saturated carbocycles. The molecule has 0 unspecified atom stereocenters. The lowest BCUT2D eigenvalue weighted by Gasteiger charge is -2.06. The van der Waals surface area contributed by atoms with Crippen molar-refractivity contribution in [1.29, 1.82) is 0 Å². The molecule has 23 heavy (non-hydrogen) atoms. The van der Waals surface area contributed by atoms with Gasteiger partial charge in [-0.3, -0.25) is 4.79 Å². The molecule has 0 aliphatic rings. The minimum Gasteiger partial charge on any atom is -0.351 e. The number of carbonyl (C=O) groups is 1. The molecule has 3 rings (SSSR count). The van der Waals surface area contributed by atoms with Gasteiger partial charge < -0.3 is 5.32 Å². The Balaban J connectivity index is 1.55. The first-order chi connectivity index (χ1) is 11.3. The van der Waals surface area contributed by atoms with Crippen LogP contribution in [0.5, 0.6) is 0 Å². The molecule has 1 heterocycles. The Hall–Kier alpha value is -2.67. The molecule has 3 aromatic rings. The van der Waals surface area contributed by atoms with Crippen molar-refractivity contribution in [3.8, 4) is 5.69 Å². The van der Waals surface area contributed by atoms with Gasteiger partial charge in [-0.2, -0.15) is 4.68 Å². The van der Waals surface area contributed by atoms with E-state index in [0.29, 0.717) is 11.7 Å². The van der Waals surface area contributed by atoms with Crippen molar-refractivity contribution in [1.82, 2.24) is 25.5 Å². The van der Waals surface area contributed by atoms with E-state index in [2.05, 4.69) is 20.8 Å². The molecular formula is C16H15N5OS. The quantitative estimate of drug-likeness (QED) is 0.702. The van der Waals surface area contributed by atoms with E-state index in [1.165, 1.54) is 11.8 Å². The van der Waals surface area contributed by atoms with Gasteiger partial charge in [0, 0.05) is 6.54 Å². The number of rotatable bonds is 6. The van der Waals surface area contributed by atoms with Gasteiger partial charge in [-0.05, 0) is 28.1 Å². The molecule has 7 heteroatoms. The summed E-state index contributed by atoms with van der Waals surface area (Å²) in [7, 11) is 0. The number of nitrogens with one attached hydrogen (secondary N) is 1. The average Bonchev–Trinajstić information content (AvgIpc) is 3.08. The van der Waals surface area contributed by atoms with Crippen molar-refractivity contribution < 1.29 is 4.79 Å². The minimum atomic E-state index is -0.0542. The number of nitrogens with zero attached hydrogens (tertiary/aromatic N) is 4. The number of amides is 1. The fourth-order valence-electron chi connectivity index (χ4n) is 1.98. The standard InChI is InChI=1S/C16H15N5OS/c22-15(17-11-13-7-3-1-4-8-13)12-23-16-18-19-20-21(16)14-9-5-2-6-10-14/h1-10H,11-12H2,(H,17,22). The Morgan fingerprint density at radius 2 is 1.74 bits per heavy atom. The van der Waals surface area contributed by atoms with E-state index in [4.69, 9.17) is 0 Å². The molecule has 0 aliphatic carbocycles. The molecule has 0 bridgehead atoms. The lowest BCUT2D eigenvalue weighted by atomic mass is 10.2. The molecule has 0 radical (unpaired) electrons. The number of aromatic nitrogens is 4. The van der Waals surface area contributed by atoms with Crippen molar-refractivity contribution in [2.45, 2.75) is 11.7 Å². The number of thioether (sulfide) groups is 1. The molecule has 0 spiro atoms. The summed E-state index contributed by atoms with van der Waals surface area (Å²) in [5, 5.41) is 15.1. The molecule has 116 valence electrons. The van der Waals surface area contributed by atoms with E-state index in [9.17, 15) is 4.79 Å². The summed E-state index contributed by atoms with van der Waals surface area (Å²) in [4.78, 5) is 11.9. The van der Waals surface area contributed by atoms with Crippen LogP contribution in [-0.2, 0) is 11.3 Å². The molecule has 2 aromatic carbocycles. The SMILES string of the molecule is O=C(CSc1nnnn1-c1ccccc1)NCc1ccccc1. The van der Waals surface area contributed by atoms with Gasteiger partial charge in [-0.25, -0.2) is 0 Å². The van der Waals surface area contributed by atoms with Crippen LogP contribution in [0.15, 0.2) is 65.8 Å². The van der Waals surface area contributed by atoms with Crippen LogP contribution in [0.1, 0.15) is 5.56 Å². The Labute approximate surface area is 137 Å². The van der Waals surface area contributed by atoms with E-state index in [1.807, 2.05) is 60.7 Å². The van der Waals surface area contributed by atoms with Gasteiger partial charge in [-0.1, -0.05) is 60.3 Å². The molecule has 0 fully saturated rings. The minimum absolute atomic E-state index is 0.0542. The van der Waals surface area contributed by atoms with Gasteiger partial charge in [0.2, 0.25) is 11.1 Å². The first kappa shape index (κ1) is 15.2. The Bertz CT molecular complexity index is 760. The van der Waals surface area contributed by atoms with Gasteiger partial charge in [0.15, 0.2) is 0 Å². The largest absolute Gasteiger partial charge is 0.351 e. The second-order valence-electron chi connectivity index (χ2n) is 4.76. The third-order valence-corrected chi connectivity index (χ3v) is 4.03. The highest BCUT2D eigenvalue weighted by Gasteiger charge is 2.11. The first-order valence-electron chi connectivity index (χ1n) is 7.10. The zero-order valence-corrected chi connectivity index (χ0v) is 13.1. The Morgan fingerprint density at radius 1 is 1.04 bits per heavy atom. The molecule has 1 amide bonds. The number of benzene rings is 2. The first-order valence-corrected chi connectivity index (χ1v) is 8.09. The summed E-state index contributed by atoms with van der Waals surface area (Å²) in [6.07, 6.45) is 0. The highest BCUT2D eigenvalue weighted by atomic mass is 32.2. The molecule has 1 aromatic heterocycles. The van der Waals surface area contributed by atoms with Crippen molar-refractivity contribution in [2.75, 3.05) is 5.75 Å². The average molecular weight is 325 g/mol. The summed E-state index contributed by atoms with van der Waals surface area (Å²) < 4.78 is 1.62. The molecule has 0 atom stereocenters. The molecule has 0 aliphatic heterocycles. The number of para-hydroxylation sites is 1. The fourth-order valence-corrected chi connectivity index (χ4v) is 2.70. The van der Waals surface area contributed by atoms with E-state index in [1.54, 1.807) is 4.68 Å². The maximum atomic E-state index is 11.9. The van der Waals surface area contributed by atoms with Gasteiger partial charge in [0.25, 0.3) is 0 Å². The third-order valence-electron chi connectivity index (χ3n) is 3.11.